The van der Waals surface area contributed by atoms with Crippen LogP contribution in [0.3, 0.4) is 0 Å². The first-order chi connectivity index (χ1) is 8.28. The number of piperidine rings is 1. The van der Waals surface area contributed by atoms with Crippen molar-refractivity contribution in [1.82, 2.24) is 4.90 Å². The zero-order chi connectivity index (χ0) is 13.8. The SMILES string of the molecule is CC(C)(C)OC(=O)CCN1CCC[C@H](C(=O)O)C1. The molecule has 0 amide bonds. The molecule has 104 valence electrons. The van der Waals surface area contributed by atoms with E-state index in [-0.39, 0.29) is 11.9 Å². The lowest BCUT2D eigenvalue weighted by molar-refractivity contribution is -0.155. The van der Waals surface area contributed by atoms with Gasteiger partial charge in [0.25, 0.3) is 0 Å². The zero-order valence-corrected chi connectivity index (χ0v) is 11.4. The Bertz CT molecular complexity index is 309. The predicted octanol–water partition coefficient (Wildman–Crippen LogP) is 1.51. The number of carboxylic acids is 1. The fourth-order valence-electron chi connectivity index (χ4n) is 2.10. The number of nitrogens with zero attached hydrogens (tertiary/aromatic N) is 1. The summed E-state index contributed by atoms with van der Waals surface area (Å²) in [5.74, 6) is -1.26. The smallest absolute Gasteiger partial charge is 0.307 e. The van der Waals surface area contributed by atoms with Gasteiger partial charge in [-0.2, -0.15) is 0 Å². The maximum absolute atomic E-state index is 11.6. The number of carboxylic acid groups (broad SMARTS) is 1. The number of ether oxygens (including phenoxy) is 1. The van der Waals surface area contributed by atoms with Crippen molar-refractivity contribution in [2.75, 3.05) is 19.6 Å². The minimum atomic E-state index is -0.739. The van der Waals surface area contributed by atoms with Crippen molar-refractivity contribution in [3.63, 3.8) is 0 Å². The molecule has 1 rings (SSSR count). The number of rotatable bonds is 4. The lowest BCUT2D eigenvalue weighted by atomic mass is 9.98. The Hall–Kier alpha value is -1.10. The van der Waals surface area contributed by atoms with Crippen molar-refractivity contribution in [2.45, 2.75) is 45.6 Å². The Kier molecular flexibility index (Phi) is 5.14. The molecule has 0 unspecified atom stereocenters. The molecule has 0 aromatic carbocycles. The first-order valence-electron chi connectivity index (χ1n) is 6.45. The summed E-state index contributed by atoms with van der Waals surface area (Å²) in [6, 6.07) is 0. The van der Waals surface area contributed by atoms with Crippen molar-refractivity contribution in [2.24, 2.45) is 5.92 Å². The standard InChI is InChI=1S/C13H23NO4/c1-13(2,3)18-11(15)6-8-14-7-4-5-10(9-14)12(16)17/h10H,4-9H2,1-3H3,(H,16,17)/t10-/m0/s1. The maximum atomic E-state index is 11.6. The molecule has 0 radical (unpaired) electrons. The van der Waals surface area contributed by atoms with Gasteiger partial charge in [-0.1, -0.05) is 0 Å². The fraction of sp³-hybridized carbons (Fsp3) is 0.846. The van der Waals surface area contributed by atoms with Crippen molar-refractivity contribution in [3.05, 3.63) is 0 Å². The molecular formula is C13H23NO4. The summed E-state index contributed by atoms with van der Waals surface area (Å²) in [6.45, 7) is 7.51. The first kappa shape index (κ1) is 15.0. The minimum Gasteiger partial charge on any atom is -0.481 e. The van der Waals surface area contributed by atoms with Gasteiger partial charge >= 0.3 is 11.9 Å². The van der Waals surface area contributed by atoms with E-state index in [4.69, 9.17) is 9.84 Å². The monoisotopic (exact) mass is 257 g/mol. The molecule has 1 N–H and O–H groups in total. The van der Waals surface area contributed by atoms with Gasteiger partial charge in [-0.25, -0.2) is 0 Å². The molecule has 1 fully saturated rings. The Morgan fingerprint density at radius 3 is 2.61 bits per heavy atom. The molecule has 0 aromatic heterocycles. The van der Waals surface area contributed by atoms with Gasteiger partial charge in [0.05, 0.1) is 12.3 Å². The highest BCUT2D eigenvalue weighted by Gasteiger charge is 2.26. The maximum Gasteiger partial charge on any atom is 0.307 e. The highest BCUT2D eigenvalue weighted by atomic mass is 16.6. The lowest BCUT2D eigenvalue weighted by Gasteiger charge is -2.30. The van der Waals surface area contributed by atoms with E-state index >= 15 is 0 Å². The molecule has 5 nitrogen and oxygen atoms in total. The average Bonchev–Trinajstić information content (AvgIpc) is 2.24. The van der Waals surface area contributed by atoms with Crippen LogP contribution in [0.5, 0.6) is 0 Å². The Morgan fingerprint density at radius 2 is 2.06 bits per heavy atom. The Labute approximate surface area is 108 Å². The van der Waals surface area contributed by atoms with Gasteiger partial charge in [0.2, 0.25) is 0 Å². The summed E-state index contributed by atoms with van der Waals surface area (Å²) in [4.78, 5) is 24.5. The van der Waals surface area contributed by atoms with E-state index in [2.05, 4.69) is 0 Å². The largest absolute Gasteiger partial charge is 0.481 e. The van der Waals surface area contributed by atoms with E-state index in [0.29, 0.717) is 19.5 Å². The third-order valence-corrected chi connectivity index (χ3v) is 2.91. The number of hydrogen-bond acceptors (Lipinski definition) is 4. The molecule has 0 saturated carbocycles. The third-order valence-electron chi connectivity index (χ3n) is 2.91. The van der Waals surface area contributed by atoms with Crippen molar-refractivity contribution in [3.8, 4) is 0 Å². The average molecular weight is 257 g/mol. The molecule has 1 aliphatic rings. The lowest BCUT2D eigenvalue weighted by Crippen LogP contribution is -2.40. The molecule has 1 atom stereocenters. The van der Waals surface area contributed by atoms with Crippen LogP contribution in [0.15, 0.2) is 0 Å². The van der Waals surface area contributed by atoms with Crippen LogP contribution in [-0.4, -0.2) is 47.2 Å². The van der Waals surface area contributed by atoms with Gasteiger partial charge < -0.3 is 14.7 Å². The van der Waals surface area contributed by atoms with Crippen LogP contribution in [0, 0.1) is 5.92 Å². The second-order valence-electron chi connectivity index (χ2n) is 5.81. The number of esters is 1. The van der Waals surface area contributed by atoms with E-state index in [1.165, 1.54) is 0 Å². The summed E-state index contributed by atoms with van der Waals surface area (Å²) in [7, 11) is 0. The van der Waals surface area contributed by atoms with E-state index < -0.39 is 11.6 Å². The number of carbonyl (C=O) groups is 2. The van der Waals surface area contributed by atoms with Crippen LogP contribution in [0.25, 0.3) is 0 Å². The number of carbonyl (C=O) groups excluding carboxylic acids is 1. The normalized spacial score (nSPS) is 21.6. The highest BCUT2D eigenvalue weighted by molar-refractivity contribution is 5.71. The van der Waals surface area contributed by atoms with Crippen molar-refractivity contribution < 1.29 is 19.4 Å². The molecule has 0 aliphatic carbocycles. The Balaban J connectivity index is 2.31. The molecule has 1 heterocycles. The third kappa shape index (κ3) is 5.49. The van der Waals surface area contributed by atoms with Gasteiger partial charge in [0.15, 0.2) is 0 Å². The summed E-state index contributed by atoms with van der Waals surface area (Å²) in [5.41, 5.74) is -0.456. The summed E-state index contributed by atoms with van der Waals surface area (Å²) < 4.78 is 5.22. The summed E-state index contributed by atoms with van der Waals surface area (Å²) in [5, 5.41) is 8.97. The predicted molar refractivity (Wildman–Crippen MR) is 67.3 cm³/mol. The number of aliphatic carboxylic acids is 1. The fourth-order valence-corrected chi connectivity index (χ4v) is 2.10. The minimum absolute atomic E-state index is 0.222. The van der Waals surface area contributed by atoms with Gasteiger partial charge in [0, 0.05) is 13.1 Å². The van der Waals surface area contributed by atoms with Crippen molar-refractivity contribution >= 4 is 11.9 Å². The first-order valence-corrected chi connectivity index (χ1v) is 6.45. The van der Waals surface area contributed by atoms with Crippen LogP contribution in [0.2, 0.25) is 0 Å². The zero-order valence-electron chi connectivity index (χ0n) is 11.4. The van der Waals surface area contributed by atoms with Crippen LogP contribution in [0.4, 0.5) is 0 Å². The van der Waals surface area contributed by atoms with E-state index in [1.807, 2.05) is 25.7 Å². The van der Waals surface area contributed by atoms with E-state index in [9.17, 15) is 9.59 Å². The van der Waals surface area contributed by atoms with Crippen LogP contribution < -0.4 is 0 Å². The Morgan fingerprint density at radius 1 is 1.39 bits per heavy atom. The molecule has 0 bridgehead atoms. The van der Waals surface area contributed by atoms with Gasteiger partial charge in [0.1, 0.15) is 5.60 Å². The highest BCUT2D eigenvalue weighted by Crippen LogP contribution is 2.17. The molecular weight excluding hydrogens is 234 g/mol. The molecule has 1 saturated heterocycles. The van der Waals surface area contributed by atoms with E-state index in [0.717, 1.165) is 19.4 Å². The van der Waals surface area contributed by atoms with Gasteiger partial charge in [-0.15, -0.1) is 0 Å². The van der Waals surface area contributed by atoms with Gasteiger partial charge in [-0.05, 0) is 40.2 Å². The second kappa shape index (κ2) is 6.18. The van der Waals surface area contributed by atoms with Crippen LogP contribution in [-0.2, 0) is 14.3 Å². The van der Waals surface area contributed by atoms with Gasteiger partial charge in [-0.3, -0.25) is 9.59 Å². The quantitative estimate of drug-likeness (QED) is 0.773. The topological polar surface area (TPSA) is 66.8 Å². The van der Waals surface area contributed by atoms with E-state index in [1.54, 1.807) is 0 Å². The molecule has 18 heavy (non-hydrogen) atoms. The summed E-state index contributed by atoms with van der Waals surface area (Å²) >= 11 is 0. The molecule has 0 spiro atoms. The molecule has 1 aliphatic heterocycles. The van der Waals surface area contributed by atoms with Crippen LogP contribution >= 0.6 is 0 Å². The van der Waals surface area contributed by atoms with Crippen molar-refractivity contribution in [1.29, 1.82) is 0 Å². The van der Waals surface area contributed by atoms with Crippen LogP contribution in [0.1, 0.15) is 40.0 Å². The summed E-state index contributed by atoms with van der Waals surface area (Å²) in [6.07, 6.45) is 1.94. The number of likely N-dealkylation sites (tertiary alicyclic amines) is 1. The second-order valence-corrected chi connectivity index (χ2v) is 5.81. The molecule has 0 aromatic rings. The molecule has 5 heteroatoms. The number of hydrogen-bond donors (Lipinski definition) is 1.